The van der Waals surface area contributed by atoms with E-state index in [4.69, 9.17) is 4.74 Å². The second-order valence-corrected chi connectivity index (χ2v) is 7.13. The smallest absolute Gasteiger partial charge is 0.294 e. The van der Waals surface area contributed by atoms with E-state index in [1.807, 2.05) is 24.3 Å². The van der Waals surface area contributed by atoms with Crippen LogP contribution in [0.2, 0.25) is 0 Å². The summed E-state index contributed by atoms with van der Waals surface area (Å²) in [4.78, 5) is 39.8. The molecule has 1 aromatic rings. The molecular formula is C16H15BrN2O4S. The van der Waals surface area contributed by atoms with Gasteiger partial charge in [-0.05, 0) is 29.5 Å². The zero-order valence-electron chi connectivity index (χ0n) is 12.7. The van der Waals surface area contributed by atoms with Crippen LogP contribution in [0.1, 0.15) is 5.56 Å². The molecule has 2 aliphatic rings. The summed E-state index contributed by atoms with van der Waals surface area (Å²) in [5.74, 6) is -0.662. The van der Waals surface area contributed by atoms with Crippen LogP contribution in [0.4, 0.5) is 4.79 Å². The summed E-state index contributed by atoms with van der Waals surface area (Å²) in [6, 6.07) is 7.42. The Hall–Kier alpha value is -1.64. The van der Waals surface area contributed by atoms with Gasteiger partial charge in [-0.2, -0.15) is 0 Å². The first-order chi connectivity index (χ1) is 11.6. The molecular weight excluding hydrogens is 396 g/mol. The number of hydrogen-bond donors (Lipinski definition) is 0. The van der Waals surface area contributed by atoms with Crippen molar-refractivity contribution in [2.75, 3.05) is 32.8 Å². The van der Waals surface area contributed by atoms with Gasteiger partial charge in [0.2, 0.25) is 5.91 Å². The van der Waals surface area contributed by atoms with Crippen molar-refractivity contribution in [3.63, 3.8) is 0 Å². The summed E-state index contributed by atoms with van der Waals surface area (Å²) in [5.41, 5.74) is 0.808. The molecule has 2 fully saturated rings. The first-order valence-corrected chi connectivity index (χ1v) is 9.02. The second kappa shape index (κ2) is 7.50. The number of ether oxygens (including phenoxy) is 1. The van der Waals surface area contributed by atoms with Crippen LogP contribution in [0.3, 0.4) is 0 Å². The number of rotatable bonds is 3. The number of amides is 3. The lowest BCUT2D eigenvalue weighted by molar-refractivity contribution is -0.139. The Balaban J connectivity index is 1.72. The van der Waals surface area contributed by atoms with Crippen LogP contribution >= 0.6 is 27.7 Å². The van der Waals surface area contributed by atoms with Crippen molar-refractivity contribution in [1.29, 1.82) is 0 Å². The zero-order valence-corrected chi connectivity index (χ0v) is 15.1. The summed E-state index contributed by atoms with van der Waals surface area (Å²) in [6.45, 7) is 1.72. The molecule has 6 nitrogen and oxygen atoms in total. The normalized spacial score (nSPS) is 20.1. The third-order valence-corrected chi connectivity index (χ3v) is 5.35. The van der Waals surface area contributed by atoms with Crippen molar-refractivity contribution in [1.82, 2.24) is 9.80 Å². The lowest BCUT2D eigenvalue weighted by Crippen LogP contribution is -2.46. The van der Waals surface area contributed by atoms with E-state index >= 15 is 0 Å². The molecule has 2 saturated heterocycles. The van der Waals surface area contributed by atoms with E-state index in [2.05, 4.69) is 15.9 Å². The quantitative estimate of drug-likeness (QED) is 0.715. The predicted molar refractivity (Wildman–Crippen MR) is 94.2 cm³/mol. The maximum Gasteiger partial charge on any atom is 0.294 e. The summed E-state index contributed by atoms with van der Waals surface area (Å²) >= 11 is 4.27. The van der Waals surface area contributed by atoms with Crippen LogP contribution in [0.5, 0.6) is 0 Å². The Morgan fingerprint density at radius 2 is 1.96 bits per heavy atom. The molecule has 0 bridgehead atoms. The fourth-order valence-electron chi connectivity index (χ4n) is 2.42. The van der Waals surface area contributed by atoms with E-state index in [0.717, 1.165) is 26.7 Å². The Morgan fingerprint density at radius 1 is 1.25 bits per heavy atom. The van der Waals surface area contributed by atoms with Crippen molar-refractivity contribution < 1.29 is 19.1 Å². The highest BCUT2D eigenvalue weighted by molar-refractivity contribution is 9.10. The van der Waals surface area contributed by atoms with Gasteiger partial charge in [0.05, 0.1) is 18.1 Å². The largest absolute Gasteiger partial charge is 0.378 e. The fraction of sp³-hybridized carbons (Fsp3) is 0.312. The number of carbonyl (C=O) groups excluding carboxylic acids is 3. The summed E-state index contributed by atoms with van der Waals surface area (Å²) in [5, 5.41) is -0.417. The van der Waals surface area contributed by atoms with E-state index in [0.29, 0.717) is 31.2 Å². The standard InChI is InChI=1S/C16H15BrN2O4S/c17-12-4-2-1-3-11(12)9-13-15(21)19(16(22)24-13)10-14(20)18-5-7-23-8-6-18/h1-4,9H,5-8,10H2/b13-9-. The highest BCUT2D eigenvalue weighted by Gasteiger charge is 2.37. The number of benzene rings is 1. The number of carbonyl (C=O) groups is 3. The van der Waals surface area contributed by atoms with Gasteiger partial charge in [-0.15, -0.1) is 0 Å². The van der Waals surface area contributed by atoms with E-state index in [1.165, 1.54) is 0 Å². The van der Waals surface area contributed by atoms with Gasteiger partial charge in [0.15, 0.2) is 0 Å². The third kappa shape index (κ3) is 3.71. The number of hydrogen-bond acceptors (Lipinski definition) is 5. The summed E-state index contributed by atoms with van der Waals surface area (Å²) in [7, 11) is 0. The molecule has 0 unspecified atom stereocenters. The number of halogens is 1. The maximum atomic E-state index is 12.5. The topological polar surface area (TPSA) is 66.9 Å². The van der Waals surface area contributed by atoms with Crippen LogP contribution in [0.25, 0.3) is 6.08 Å². The Labute approximate surface area is 151 Å². The zero-order chi connectivity index (χ0) is 17.1. The number of nitrogens with zero attached hydrogens (tertiary/aromatic N) is 2. The number of morpholine rings is 1. The molecule has 1 aromatic carbocycles. The molecule has 2 aliphatic heterocycles. The van der Waals surface area contributed by atoms with Gasteiger partial charge in [-0.25, -0.2) is 0 Å². The van der Waals surface area contributed by atoms with Gasteiger partial charge in [-0.1, -0.05) is 34.1 Å². The van der Waals surface area contributed by atoms with Crippen LogP contribution in [0, 0.1) is 0 Å². The monoisotopic (exact) mass is 410 g/mol. The lowest BCUT2D eigenvalue weighted by Gasteiger charge is -2.28. The van der Waals surface area contributed by atoms with Crippen molar-refractivity contribution in [2.24, 2.45) is 0 Å². The molecule has 0 saturated carbocycles. The molecule has 126 valence electrons. The van der Waals surface area contributed by atoms with Gasteiger partial charge in [0.25, 0.3) is 11.1 Å². The predicted octanol–water partition coefficient (Wildman–Crippen LogP) is 2.34. The Bertz CT molecular complexity index is 716. The average molecular weight is 411 g/mol. The van der Waals surface area contributed by atoms with Crippen LogP contribution in [-0.4, -0.2) is 59.7 Å². The van der Waals surface area contributed by atoms with Crippen molar-refractivity contribution in [3.05, 3.63) is 39.2 Å². The van der Waals surface area contributed by atoms with Gasteiger partial charge in [-0.3, -0.25) is 19.3 Å². The van der Waals surface area contributed by atoms with Crippen LogP contribution in [-0.2, 0) is 14.3 Å². The van der Waals surface area contributed by atoms with Crippen LogP contribution < -0.4 is 0 Å². The summed E-state index contributed by atoms with van der Waals surface area (Å²) in [6.07, 6.45) is 1.66. The summed E-state index contributed by atoms with van der Waals surface area (Å²) < 4.78 is 6.03. The van der Waals surface area contributed by atoms with Gasteiger partial charge in [0, 0.05) is 17.6 Å². The van der Waals surface area contributed by atoms with Gasteiger partial charge in [0.1, 0.15) is 6.54 Å². The molecule has 24 heavy (non-hydrogen) atoms. The van der Waals surface area contributed by atoms with Crippen molar-refractivity contribution >= 4 is 50.8 Å². The lowest BCUT2D eigenvalue weighted by atomic mass is 10.2. The van der Waals surface area contributed by atoms with E-state index in [1.54, 1.807) is 11.0 Å². The first-order valence-electron chi connectivity index (χ1n) is 7.41. The second-order valence-electron chi connectivity index (χ2n) is 5.28. The molecule has 0 radical (unpaired) electrons. The molecule has 0 aromatic heterocycles. The molecule has 0 N–H and O–H groups in total. The minimum Gasteiger partial charge on any atom is -0.378 e. The Morgan fingerprint density at radius 3 is 2.67 bits per heavy atom. The highest BCUT2D eigenvalue weighted by Crippen LogP contribution is 2.33. The molecule has 3 rings (SSSR count). The average Bonchev–Trinajstić information content (AvgIpc) is 2.85. The molecule has 2 heterocycles. The minimum atomic E-state index is -0.428. The SMILES string of the molecule is O=C(CN1C(=O)S/C(=C\c2ccccc2Br)C1=O)N1CCOCC1. The van der Waals surface area contributed by atoms with Gasteiger partial charge >= 0.3 is 0 Å². The number of imide groups is 1. The van der Waals surface area contributed by atoms with Crippen LogP contribution in [0.15, 0.2) is 33.6 Å². The minimum absolute atomic E-state index is 0.224. The molecule has 8 heteroatoms. The van der Waals surface area contributed by atoms with Crippen molar-refractivity contribution in [3.8, 4) is 0 Å². The highest BCUT2D eigenvalue weighted by atomic mass is 79.9. The number of thioether (sulfide) groups is 1. The van der Waals surface area contributed by atoms with E-state index in [-0.39, 0.29) is 12.5 Å². The Kier molecular flexibility index (Phi) is 5.37. The molecule has 0 spiro atoms. The molecule has 3 amide bonds. The first kappa shape index (κ1) is 17.2. The van der Waals surface area contributed by atoms with Gasteiger partial charge < -0.3 is 9.64 Å². The third-order valence-electron chi connectivity index (χ3n) is 3.72. The van der Waals surface area contributed by atoms with Crippen molar-refractivity contribution in [2.45, 2.75) is 0 Å². The molecule has 0 aliphatic carbocycles. The fourth-order valence-corrected chi connectivity index (χ4v) is 3.65. The van der Waals surface area contributed by atoms with E-state index in [9.17, 15) is 14.4 Å². The molecule has 0 atom stereocenters. The van der Waals surface area contributed by atoms with E-state index < -0.39 is 11.1 Å². The maximum absolute atomic E-state index is 12.5.